The maximum Gasteiger partial charge on any atom is 0.344 e. The molecule has 2 rings (SSSR count). The van der Waals surface area contributed by atoms with E-state index >= 15 is 0 Å². The highest BCUT2D eigenvalue weighted by molar-refractivity contribution is 9.10. The Kier molecular flexibility index (Phi) is 3.61. The van der Waals surface area contributed by atoms with E-state index in [0.29, 0.717) is 0 Å². The average Bonchev–Trinajstić information content (AvgIpc) is 2.77. The van der Waals surface area contributed by atoms with E-state index in [4.69, 9.17) is 9.84 Å². The molecule has 1 N–H and O–H groups in total. The van der Waals surface area contributed by atoms with Gasteiger partial charge in [-0.1, -0.05) is 22.0 Å². The van der Waals surface area contributed by atoms with Crippen LogP contribution in [-0.4, -0.2) is 31.9 Å². The molecule has 1 heterocycles. The van der Waals surface area contributed by atoms with Gasteiger partial charge < -0.3 is 9.84 Å². The van der Waals surface area contributed by atoms with Crippen molar-refractivity contribution < 1.29 is 14.6 Å². The van der Waals surface area contributed by atoms with Crippen molar-refractivity contribution >= 4 is 21.9 Å². The van der Waals surface area contributed by atoms with Crippen molar-refractivity contribution in [2.24, 2.45) is 0 Å². The molecule has 0 aliphatic heterocycles. The third kappa shape index (κ3) is 2.86. The van der Waals surface area contributed by atoms with Crippen molar-refractivity contribution in [1.29, 1.82) is 0 Å². The van der Waals surface area contributed by atoms with Crippen LogP contribution in [-0.2, 0) is 4.79 Å². The molecule has 1 aromatic heterocycles. The quantitative estimate of drug-likeness (QED) is 0.933. The molecule has 0 bridgehead atoms. The summed E-state index contributed by atoms with van der Waals surface area (Å²) in [5, 5.41) is 12.8. The van der Waals surface area contributed by atoms with Crippen LogP contribution in [0.3, 0.4) is 0 Å². The molecule has 6 nitrogen and oxygen atoms in total. The number of hydrogen-bond donors (Lipinski definition) is 1. The second-order valence-electron chi connectivity index (χ2n) is 3.55. The molecule has 1 atom stereocenters. The van der Waals surface area contributed by atoms with Crippen molar-refractivity contribution in [2.75, 3.05) is 0 Å². The van der Waals surface area contributed by atoms with Gasteiger partial charge in [-0.25, -0.2) is 9.48 Å². The van der Waals surface area contributed by atoms with Gasteiger partial charge in [-0.2, -0.15) is 4.98 Å². The Bertz CT molecular complexity index is 570. The zero-order chi connectivity index (χ0) is 13.1. The van der Waals surface area contributed by atoms with Crippen LogP contribution in [0.2, 0.25) is 0 Å². The van der Waals surface area contributed by atoms with Crippen LogP contribution in [0.15, 0.2) is 35.1 Å². The van der Waals surface area contributed by atoms with Crippen LogP contribution in [0, 0.1) is 0 Å². The minimum atomic E-state index is -1.06. The van der Waals surface area contributed by atoms with E-state index in [-0.39, 0.29) is 6.01 Å². The number of aliphatic carboxylic acids is 1. The van der Waals surface area contributed by atoms with Gasteiger partial charge in [0.05, 0.1) is 5.69 Å². The fraction of sp³-hybridized carbons (Fsp3) is 0.182. The maximum absolute atomic E-state index is 10.6. The Labute approximate surface area is 111 Å². The monoisotopic (exact) mass is 311 g/mol. The minimum absolute atomic E-state index is 0.0323. The molecule has 0 aliphatic carbocycles. The number of rotatable bonds is 4. The van der Waals surface area contributed by atoms with E-state index in [1.165, 1.54) is 17.9 Å². The number of ether oxygens (including phenoxy) is 1. The van der Waals surface area contributed by atoms with Crippen LogP contribution < -0.4 is 4.74 Å². The first-order chi connectivity index (χ1) is 8.56. The van der Waals surface area contributed by atoms with E-state index in [9.17, 15) is 4.79 Å². The first-order valence-corrected chi connectivity index (χ1v) is 5.92. The molecule has 0 saturated heterocycles. The van der Waals surface area contributed by atoms with E-state index in [1.54, 1.807) is 0 Å². The van der Waals surface area contributed by atoms with Gasteiger partial charge in [0.15, 0.2) is 6.10 Å². The molecule has 0 spiro atoms. The normalized spacial score (nSPS) is 12.1. The lowest BCUT2D eigenvalue weighted by atomic mass is 10.3. The lowest BCUT2D eigenvalue weighted by molar-refractivity contribution is -0.144. The van der Waals surface area contributed by atoms with Crippen molar-refractivity contribution in [3.63, 3.8) is 0 Å². The fourth-order valence-corrected chi connectivity index (χ4v) is 1.64. The van der Waals surface area contributed by atoms with Gasteiger partial charge >= 0.3 is 12.0 Å². The lowest BCUT2D eigenvalue weighted by Crippen LogP contribution is -2.23. The zero-order valence-corrected chi connectivity index (χ0v) is 11.0. The second kappa shape index (κ2) is 5.18. The summed E-state index contributed by atoms with van der Waals surface area (Å²) in [5.41, 5.74) is 0.801. The van der Waals surface area contributed by atoms with Crippen molar-refractivity contribution in [1.82, 2.24) is 14.8 Å². The van der Waals surface area contributed by atoms with Crippen LogP contribution in [0.25, 0.3) is 5.69 Å². The maximum atomic E-state index is 10.6. The van der Waals surface area contributed by atoms with Crippen molar-refractivity contribution in [3.8, 4) is 11.7 Å². The predicted octanol–water partition coefficient (Wildman–Crippen LogP) is 1.88. The summed E-state index contributed by atoms with van der Waals surface area (Å²) < 4.78 is 7.48. The summed E-state index contributed by atoms with van der Waals surface area (Å²) in [4.78, 5) is 14.5. The van der Waals surface area contributed by atoms with Crippen molar-refractivity contribution in [3.05, 3.63) is 35.1 Å². The van der Waals surface area contributed by atoms with Gasteiger partial charge in [-0.15, -0.1) is 5.10 Å². The van der Waals surface area contributed by atoms with E-state index in [2.05, 4.69) is 26.0 Å². The fourth-order valence-electron chi connectivity index (χ4n) is 1.25. The highest BCUT2D eigenvalue weighted by Gasteiger charge is 2.15. The number of carboxylic acid groups (broad SMARTS) is 1. The topological polar surface area (TPSA) is 77.2 Å². The number of aromatic nitrogens is 3. The molecule has 0 aliphatic rings. The largest absolute Gasteiger partial charge is 0.479 e. The van der Waals surface area contributed by atoms with Crippen LogP contribution in [0.1, 0.15) is 6.92 Å². The Morgan fingerprint density at radius 1 is 1.56 bits per heavy atom. The van der Waals surface area contributed by atoms with Crippen LogP contribution >= 0.6 is 15.9 Å². The Morgan fingerprint density at radius 2 is 2.33 bits per heavy atom. The number of halogens is 1. The lowest BCUT2D eigenvalue weighted by Gasteiger charge is -2.05. The summed E-state index contributed by atoms with van der Waals surface area (Å²) in [5.74, 6) is -1.06. The summed E-state index contributed by atoms with van der Waals surface area (Å²) in [6.45, 7) is 1.42. The number of carbonyl (C=O) groups is 1. The standard InChI is InChI=1S/C11H10BrN3O3/c1-7(10(16)17)18-11-13-6-15(14-11)9-4-2-3-8(12)5-9/h2-7H,1H3,(H,16,17). The predicted molar refractivity (Wildman–Crippen MR) is 66.8 cm³/mol. The van der Waals surface area contributed by atoms with Gasteiger partial charge in [0, 0.05) is 4.47 Å². The summed E-state index contributed by atoms with van der Waals surface area (Å²) in [6.07, 6.45) is 0.481. The number of nitrogens with zero attached hydrogens (tertiary/aromatic N) is 3. The molecule has 18 heavy (non-hydrogen) atoms. The Hall–Kier alpha value is -1.89. The molecule has 0 amide bonds. The van der Waals surface area contributed by atoms with Crippen LogP contribution in [0.4, 0.5) is 0 Å². The summed E-state index contributed by atoms with van der Waals surface area (Å²) >= 11 is 3.36. The number of carboxylic acids is 1. The highest BCUT2D eigenvalue weighted by Crippen LogP contribution is 2.15. The van der Waals surface area contributed by atoms with Gasteiger partial charge in [0.25, 0.3) is 0 Å². The van der Waals surface area contributed by atoms with Gasteiger partial charge in [-0.05, 0) is 25.1 Å². The Balaban J connectivity index is 2.18. The smallest absolute Gasteiger partial charge is 0.344 e. The van der Waals surface area contributed by atoms with E-state index < -0.39 is 12.1 Å². The minimum Gasteiger partial charge on any atom is -0.479 e. The van der Waals surface area contributed by atoms with Gasteiger partial charge in [-0.3, -0.25) is 0 Å². The zero-order valence-electron chi connectivity index (χ0n) is 9.45. The molecule has 0 fully saturated rings. The van der Waals surface area contributed by atoms with Gasteiger partial charge in [0.2, 0.25) is 0 Å². The molecule has 2 aromatic rings. The molecule has 7 heteroatoms. The molecule has 1 unspecified atom stereocenters. The van der Waals surface area contributed by atoms with Gasteiger partial charge in [0.1, 0.15) is 6.33 Å². The number of benzene rings is 1. The SMILES string of the molecule is CC(Oc1ncn(-c2cccc(Br)c2)n1)C(=O)O. The summed E-state index contributed by atoms with van der Waals surface area (Å²) in [7, 11) is 0. The highest BCUT2D eigenvalue weighted by atomic mass is 79.9. The summed E-state index contributed by atoms with van der Waals surface area (Å²) in [6, 6.07) is 7.50. The number of hydrogen-bond acceptors (Lipinski definition) is 4. The molecule has 94 valence electrons. The molecular weight excluding hydrogens is 302 g/mol. The third-order valence-corrected chi connectivity index (χ3v) is 2.67. The van der Waals surface area contributed by atoms with Crippen molar-refractivity contribution in [2.45, 2.75) is 13.0 Å². The van der Waals surface area contributed by atoms with E-state index in [1.807, 2.05) is 24.3 Å². The second-order valence-corrected chi connectivity index (χ2v) is 4.47. The molecule has 0 radical (unpaired) electrons. The third-order valence-electron chi connectivity index (χ3n) is 2.17. The Morgan fingerprint density at radius 3 is 3.00 bits per heavy atom. The molecule has 1 aromatic carbocycles. The first-order valence-electron chi connectivity index (χ1n) is 5.13. The first kappa shape index (κ1) is 12.6. The molecule has 0 saturated carbocycles. The van der Waals surface area contributed by atoms with Crippen LogP contribution in [0.5, 0.6) is 6.01 Å². The molecular formula is C11H10BrN3O3. The van der Waals surface area contributed by atoms with E-state index in [0.717, 1.165) is 10.2 Å². The average molecular weight is 312 g/mol.